The lowest BCUT2D eigenvalue weighted by atomic mass is 10.0. The van der Waals surface area contributed by atoms with E-state index in [1.54, 1.807) is 0 Å². The van der Waals surface area contributed by atoms with Crippen molar-refractivity contribution in [1.29, 1.82) is 0 Å². The zero-order valence-electron chi connectivity index (χ0n) is 53.7. The van der Waals surface area contributed by atoms with Crippen LogP contribution < -0.4 is 5.73 Å². The van der Waals surface area contributed by atoms with Gasteiger partial charge in [-0.15, -0.1) is 0 Å². The van der Waals surface area contributed by atoms with Crippen LogP contribution >= 0.6 is 7.82 Å². The van der Waals surface area contributed by atoms with Crippen LogP contribution in [0.1, 0.15) is 309 Å². The molecule has 0 aliphatic carbocycles. The summed E-state index contributed by atoms with van der Waals surface area (Å²) in [5, 5.41) is 0. The quantitative estimate of drug-likeness (QED) is 0.0264. The van der Waals surface area contributed by atoms with Crippen molar-refractivity contribution in [2.75, 3.05) is 26.4 Å². The van der Waals surface area contributed by atoms with Crippen LogP contribution in [0.4, 0.5) is 0 Å². The van der Waals surface area contributed by atoms with Gasteiger partial charge in [-0.3, -0.25) is 18.6 Å². The van der Waals surface area contributed by atoms with Gasteiger partial charge in [-0.2, -0.15) is 0 Å². The summed E-state index contributed by atoms with van der Waals surface area (Å²) in [4.78, 5) is 35.3. The molecule has 0 amide bonds. The molecule has 9 nitrogen and oxygen atoms in total. The van der Waals surface area contributed by atoms with Crippen molar-refractivity contribution in [3.05, 3.63) is 109 Å². The molecule has 0 aliphatic heterocycles. The van der Waals surface area contributed by atoms with Crippen molar-refractivity contribution in [3.63, 3.8) is 0 Å². The number of rotatable bonds is 64. The number of hydrogen-bond donors (Lipinski definition) is 2. The van der Waals surface area contributed by atoms with E-state index in [9.17, 15) is 19.0 Å². The number of unbranched alkanes of at least 4 members (excludes halogenated alkanes) is 33. The predicted molar refractivity (Wildman–Crippen MR) is 358 cm³/mol. The molecule has 478 valence electrons. The summed E-state index contributed by atoms with van der Waals surface area (Å²) in [5.74, 6) is -0.852. The van der Waals surface area contributed by atoms with E-state index in [1.807, 2.05) is 0 Å². The average molecular weight is 1180 g/mol. The van der Waals surface area contributed by atoms with E-state index < -0.39 is 26.5 Å². The Labute approximate surface area is 511 Å². The fourth-order valence-corrected chi connectivity index (χ4v) is 10.4. The number of ether oxygens (including phenoxy) is 2. The topological polar surface area (TPSA) is 134 Å². The minimum Gasteiger partial charge on any atom is -0.462 e. The number of carbonyl (C=O) groups is 2. The van der Waals surface area contributed by atoms with Crippen molar-refractivity contribution in [2.24, 2.45) is 5.73 Å². The lowest BCUT2D eigenvalue weighted by molar-refractivity contribution is -0.161. The normalized spacial score (nSPS) is 13.6. The number of carbonyl (C=O) groups excluding carboxylic acids is 2. The largest absolute Gasteiger partial charge is 0.472 e. The molecule has 0 saturated carbocycles. The Bertz CT molecular complexity index is 1730. The van der Waals surface area contributed by atoms with Gasteiger partial charge in [-0.1, -0.05) is 303 Å². The van der Waals surface area contributed by atoms with E-state index in [0.717, 1.165) is 96.3 Å². The molecular formula is C73H128NO8P. The van der Waals surface area contributed by atoms with Gasteiger partial charge in [0.1, 0.15) is 6.61 Å². The Morgan fingerprint density at radius 1 is 0.373 bits per heavy atom. The molecule has 0 bridgehead atoms. The molecule has 83 heavy (non-hydrogen) atoms. The van der Waals surface area contributed by atoms with Crippen molar-refractivity contribution in [3.8, 4) is 0 Å². The molecule has 3 N–H and O–H groups in total. The van der Waals surface area contributed by atoms with Gasteiger partial charge in [0.05, 0.1) is 13.2 Å². The Balaban J connectivity index is 3.85. The first-order chi connectivity index (χ1) is 40.8. The second-order valence-electron chi connectivity index (χ2n) is 22.7. The van der Waals surface area contributed by atoms with Crippen molar-refractivity contribution in [2.45, 2.75) is 315 Å². The molecule has 0 aromatic carbocycles. The molecular weight excluding hydrogens is 1050 g/mol. The van der Waals surface area contributed by atoms with Crippen molar-refractivity contribution < 1.29 is 37.6 Å². The maximum Gasteiger partial charge on any atom is 0.472 e. The van der Waals surface area contributed by atoms with Crippen molar-refractivity contribution in [1.82, 2.24) is 0 Å². The summed E-state index contributed by atoms with van der Waals surface area (Å²) in [5.41, 5.74) is 5.39. The van der Waals surface area contributed by atoms with E-state index in [1.165, 1.54) is 180 Å². The van der Waals surface area contributed by atoms with Crippen LogP contribution in [0, 0.1) is 0 Å². The second kappa shape index (κ2) is 67.8. The molecule has 0 aliphatic rings. The zero-order chi connectivity index (χ0) is 60.1. The lowest BCUT2D eigenvalue weighted by Gasteiger charge is -2.19. The smallest absolute Gasteiger partial charge is 0.462 e. The van der Waals surface area contributed by atoms with Gasteiger partial charge in [0.25, 0.3) is 0 Å². The van der Waals surface area contributed by atoms with Gasteiger partial charge in [-0.25, -0.2) is 4.57 Å². The molecule has 0 spiro atoms. The van der Waals surface area contributed by atoms with Crippen molar-refractivity contribution >= 4 is 19.8 Å². The summed E-state index contributed by atoms with van der Waals surface area (Å²) in [6.07, 6.45) is 93.3. The Kier molecular flexibility index (Phi) is 65.1. The van der Waals surface area contributed by atoms with Crippen LogP contribution in [0.3, 0.4) is 0 Å². The van der Waals surface area contributed by atoms with E-state index in [-0.39, 0.29) is 38.6 Å². The molecule has 0 radical (unpaired) electrons. The first-order valence-corrected chi connectivity index (χ1v) is 35.9. The van der Waals surface area contributed by atoms with Crippen LogP contribution in [-0.4, -0.2) is 49.3 Å². The molecule has 0 heterocycles. The highest BCUT2D eigenvalue weighted by Gasteiger charge is 2.26. The predicted octanol–water partition coefficient (Wildman–Crippen LogP) is 22.5. The highest BCUT2D eigenvalue weighted by atomic mass is 31.2. The molecule has 0 fully saturated rings. The fourth-order valence-electron chi connectivity index (χ4n) is 9.59. The summed E-state index contributed by atoms with van der Waals surface area (Å²) in [6, 6.07) is 0. The van der Waals surface area contributed by atoms with Crippen LogP contribution in [0.2, 0.25) is 0 Å². The minimum atomic E-state index is -4.40. The monoisotopic (exact) mass is 1180 g/mol. The SMILES string of the molecule is CC/C=C\C/C=C\C/C=C\C/C=C\C/C=C\C/C=C\CCCCCCC(=O)OC(COC(=O)CCCCCCCCCCCCCCCCCCCCCCCCCC/C=C\C/C=C\C/C=C\CCCCCCC)COP(=O)(O)OCCN. The van der Waals surface area contributed by atoms with E-state index >= 15 is 0 Å². The van der Waals surface area contributed by atoms with Gasteiger partial charge in [0, 0.05) is 19.4 Å². The first-order valence-electron chi connectivity index (χ1n) is 34.4. The Morgan fingerprint density at radius 3 is 0.988 bits per heavy atom. The first kappa shape index (κ1) is 79.7. The van der Waals surface area contributed by atoms with E-state index in [0.29, 0.717) is 6.42 Å². The fraction of sp³-hybridized carbons (Fsp3) is 0.726. The highest BCUT2D eigenvalue weighted by molar-refractivity contribution is 7.47. The van der Waals surface area contributed by atoms with Crippen LogP contribution in [-0.2, 0) is 32.7 Å². The lowest BCUT2D eigenvalue weighted by Crippen LogP contribution is -2.29. The standard InChI is InChI=1S/C73H128NO8P/c1-3-5-7-9-11-13-15-17-19-21-23-25-27-28-29-30-31-32-33-34-35-36-37-38-39-40-41-42-44-45-47-49-51-53-55-57-59-61-63-65-72(75)79-69-71(70-81-83(77,78)80-68-67-74)82-73(76)66-64-62-60-58-56-54-52-50-48-46-43-26-24-22-20-18-16-14-12-10-8-6-4-2/h6,8,12,14-15,17-18,20-21,23-24,26-28,46,48,52,54,71H,3-5,7,9-11,13,16,19,22,25,29-45,47,49-51,53,55-70,74H2,1-2H3,(H,77,78)/b8-6-,14-12-,17-15-,20-18-,23-21-,26-24-,28-27-,48-46-,54-52-. The summed E-state index contributed by atoms with van der Waals surface area (Å²) in [6.45, 7) is 3.61. The Hall–Kier alpha value is -3.33. The molecule has 0 rings (SSSR count). The maximum absolute atomic E-state index is 12.7. The summed E-state index contributed by atoms with van der Waals surface area (Å²) < 4.78 is 33.1. The third-order valence-electron chi connectivity index (χ3n) is 14.6. The number of hydrogen-bond acceptors (Lipinski definition) is 8. The Morgan fingerprint density at radius 2 is 0.663 bits per heavy atom. The summed E-state index contributed by atoms with van der Waals surface area (Å²) in [7, 11) is -4.40. The number of allylic oxidation sites excluding steroid dienone is 18. The van der Waals surface area contributed by atoms with Gasteiger partial charge < -0.3 is 20.1 Å². The van der Waals surface area contributed by atoms with Gasteiger partial charge in [0.15, 0.2) is 6.10 Å². The summed E-state index contributed by atoms with van der Waals surface area (Å²) >= 11 is 0. The highest BCUT2D eigenvalue weighted by Crippen LogP contribution is 2.43. The minimum absolute atomic E-state index is 0.0449. The maximum atomic E-state index is 12.7. The second-order valence-corrected chi connectivity index (χ2v) is 24.1. The zero-order valence-corrected chi connectivity index (χ0v) is 54.5. The number of esters is 2. The third-order valence-corrected chi connectivity index (χ3v) is 15.6. The molecule has 0 aromatic rings. The number of phosphoric ester groups is 1. The molecule has 2 unspecified atom stereocenters. The van der Waals surface area contributed by atoms with Crippen LogP contribution in [0.25, 0.3) is 0 Å². The van der Waals surface area contributed by atoms with Crippen LogP contribution in [0.5, 0.6) is 0 Å². The van der Waals surface area contributed by atoms with Gasteiger partial charge >= 0.3 is 19.8 Å². The van der Waals surface area contributed by atoms with E-state index in [4.69, 9.17) is 24.3 Å². The molecule has 2 atom stereocenters. The average Bonchev–Trinajstić information content (AvgIpc) is 3.48. The molecule has 10 heteroatoms. The molecule has 0 aromatic heterocycles. The van der Waals surface area contributed by atoms with Gasteiger partial charge in [-0.05, 0) is 103 Å². The number of nitrogens with two attached hydrogens (primary N) is 1. The van der Waals surface area contributed by atoms with Gasteiger partial charge in [0.2, 0.25) is 0 Å². The number of phosphoric acid groups is 1. The van der Waals surface area contributed by atoms with E-state index in [2.05, 4.69) is 123 Å². The third kappa shape index (κ3) is 67.7. The van der Waals surface area contributed by atoms with Crippen LogP contribution in [0.15, 0.2) is 109 Å². The molecule has 0 saturated heterocycles.